The number of imidazole rings is 2. The molecule has 9 nitrogen and oxygen atoms in total. The molecule has 0 saturated heterocycles. The highest BCUT2D eigenvalue weighted by molar-refractivity contribution is 5.79. The van der Waals surface area contributed by atoms with Crippen molar-refractivity contribution in [1.29, 1.82) is 5.26 Å². The molecule has 0 radical (unpaired) electrons. The normalized spacial score (nSPS) is 11.2. The molecule has 0 aliphatic carbocycles. The number of aryl methyl sites for hydroxylation is 1. The number of nitriles is 1. The van der Waals surface area contributed by atoms with Crippen molar-refractivity contribution in [3.05, 3.63) is 46.8 Å². The van der Waals surface area contributed by atoms with Crippen LogP contribution in [0, 0.1) is 11.3 Å². The average Bonchev–Trinajstić information content (AvgIpc) is 3.21. The number of nitrogens with one attached hydrogen (secondary N) is 1. The molecule has 26 heavy (non-hydrogen) atoms. The van der Waals surface area contributed by atoms with Crippen LogP contribution in [0.4, 0.5) is 0 Å². The van der Waals surface area contributed by atoms with Crippen LogP contribution in [-0.2, 0) is 11.3 Å². The van der Waals surface area contributed by atoms with Crippen molar-refractivity contribution in [2.24, 2.45) is 0 Å². The molecule has 4 aromatic rings. The van der Waals surface area contributed by atoms with Gasteiger partial charge in [0.1, 0.15) is 11.8 Å². The van der Waals surface area contributed by atoms with Gasteiger partial charge in [-0.05, 0) is 24.6 Å². The van der Waals surface area contributed by atoms with E-state index in [9.17, 15) is 4.79 Å². The number of aromatic amines is 1. The summed E-state index contributed by atoms with van der Waals surface area (Å²) in [5.41, 5.74) is 2.85. The number of aromatic nitrogens is 6. The largest absolute Gasteiger partial charge is 0.385 e. The molecule has 0 aliphatic rings. The van der Waals surface area contributed by atoms with E-state index in [0.29, 0.717) is 42.2 Å². The molecule has 0 amide bonds. The van der Waals surface area contributed by atoms with Gasteiger partial charge in [0, 0.05) is 20.3 Å². The van der Waals surface area contributed by atoms with E-state index in [1.54, 1.807) is 47.0 Å². The van der Waals surface area contributed by atoms with Gasteiger partial charge in [-0.15, -0.1) is 0 Å². The molecule has 3 aromatic heterocycles. The van der Waals surface area contributed by atoms with Crippen LogP contribution in [0.1, 0.15) is 12.0 Å². The first-order valence-electron chi connectivity index (χ1n) is 8.03. The SMILES string of the molecule is COCCCn1c(=O)[nH]c2nc(-n3cnc4ccc(C#N)cc43)ncc21. The molecule has 1 N–H and O–H groups in total. The molecule has 0 aliphatic heterocycles. The fourth-order valence-corrected chi connectivity index (χ4v) is 2.88. The van der Waals surface area contributed by atoms with Crippen LogP contribution in [0.2, 0.25) is 0 Å². The number of ether oxygens (including phenoxy) is 1. The summed E-state index contributed by atoms with van der Waals surface area (Å²) in [7, 11) is 1.63. The van der Waals surface area contributed by atoms with Crippen molar-refractivity contribution in [3.63, 3.8) is 0 Å². The zero-order valence-electron chi connectivity index (χ0n) is 14.0. The fourth-order valence-electron chi connectivity index (χ4n) is 2.88. The zero-order chi connectivity index (χ0) is 18.1. The highest BCUT2D eigenvalue weighted by atomic mass is 16.5. The van der Waals surface area contributed by atoms with Gasteiger partial charge >= 0.3 is 5.69 Å². The number of benzene rings is 1. The molecule has 9 heteroatoms. The summed E-state index contributed by atoms with van der Waals surface area (Å²) >= 11 is 0. The Morgan fingerprint density at radius 1 is 1.31 bits per heavy atom. The molecule has 1 aromatic carbocycles. The first-order chi connectivity index (χ1) is 12.7. The summed E-state index contributed by atoms with van der Waals surface area (Å²) in [6.07, 6.45) is 3.93. The fraction of sp³-hybridized carbons (Fsp3) is 0.235. The van der Waals surface area contributed by atoms with Crippen LogP contribution in [0.3, 0.4) is 0 Å². The lowest BCUT2D eigenvalue weighted by atomic mass is 10.2. The number of fused-ring (bicyclic) bond motifs is 2. The lowest BCUT2D eigenvalue weighted by molar-refractivity contribution is 0.190. The van der Waals surface area contributed by atoms with Crippen molar-refractivity contribution in [2.75, 3.05) is 13.7 Å². The van der Waals surface area contributed by atoms with E-state index in [4.69, 9.17) is 10.00 Å². The second-order valence-electron chi connectivity index (χ2n) is 5.76. The van der Waals surface area contributed by atoms with E-state index in [1.165, 1.54) is 0 Å². The smallest absolute Gasteiger partial charge is 0.327 e. The lowest BCUT2D eigenvalue weighted by Crippen LogP contribution is -2.17. The zero-order valence-corrected chi connectivity index (χ0v) is 14.0. The summed E-state index contributed by atoms with van der Waals surface area (Å²) in [5.74, 6) is 0.375. The molecule has 3 heterocycles. The maximum absolute atomic E-state index is 12.2. The van der Waals surface area contributed by atoms with Gasteiger partial charge in [-0.1, -0.05) is 0 Å². The predicted molar refractivity (Wildman–Crippen MR) is 94.0 cm³/mol. The van der Waals surface area contributed by atoms with Crippen LogP contribution < -0.4 is 5.69 Å². The van der Waals surface area contributed by atoms with Gasteiger partial charge in [0.2, 0.25) is 5.95 Å². The minimum Gasteiger partial charge on any atom is -0.385 e. The van der Waals surface area contributed by atoms with Crippen LogP contribution >= 0.6 is 0 Å². The second kappa shape index (κ2) is 6.42. The number of hydrogen-bond donors (Lipinski definition) is 1. The third-order valence-electron chi connectivity index (χ3n) is 4.14. The number of H-pyrrole nitrogens is 1. The average molecular weight is 349 g/mol. The number of nitrogens with zero attached hydrogens (tertiary/aromatic N) is 6. The minimum atomic E-state index is -0.232. The Kier molecular flexibility index (Phi) is 3.95. The maximum atomic E-state index is 12.2. The van der Waals surface area contributed by atoms with Crippen LogP contribution in [0.15, 0.2) is 35.5 Å². The van der Waals surface area contributed by atoms with Gasteiger partial charge in [-0.25, -0.2) is 14.8 Å². The predicted octanol–water partition coefficient (Wildman–Crippen LogP) is 1.37. The molecular formula is C17H15N7O2. The van der Waals surface area contributed by atoms with E-state index in [2.05, 4.69) is 26.0 Å². The highest BCUT2D eigenvalue weighted by Gasteiger charge is 2.12. The third-order valence-corrected chi connectivity index (χ3v) is 4.14. The number of hydrogen-bond acceptors (Lipinski definition) is 6. The van der Waals surface area contributed by atoms with Gasteiger partial charge in [0.05, 0.1) is 28.9 Å². The van der Waals surface area contributed by atoms with Crippen molar-refractivity contribution in [1.82, 2.24) is 29.1 Å². The van der Waals surface area contributed by atoms with E-state index in [0.717, 1.165) is 11.0 Å². The molecule has 0 fully saturated rings. The van der Waals surface area contributed by atoms with E-state index >= 15 is 0 Å². The van der Waals surface area contributed by atoms with Crippen molar-refractivity contribution >= 4 is 22.2 Å². The van der Waals surface area contributed by atoms with Gasteiger partial charge < -0.3 is 4.74 Å². The van der Waals surface area contributed by atoms with E-state index < -0.39 is 0 Å². The molecule has 0 bridgehead atoms. The van der Waals surface area contributed by atoms with Crippen molar-refractivity contribution in [3.8, 4) is 12.0 Å². The summed E-state index contributed by atoms with van der Waals surface area (Å²) in [4.78, 5) is 28.1. The Morgan fingerprint density at radius 2 is 2.19 bits per heavy atom. The Labute approximate surface area is 147 Å². The summed E-state index contributed by atoms with van der Waals surface area (Å²) < 4.78 is 8.32. The van der Waals surface area contributed by atoms with Gasteiger partial charge in [0.15, 0.2) is 5.65 Å². The van der Waals surface area contributed by atoms with Crippen LogP contribution in [0.25, 0.3) is 28.1 Å². The topological polar surface area (TPSA) is 114 Å². The Hall–Kier alpha value is -3.51. The first kappa shape index (κ1) is 16.0. The van der Waals surface area contributed by atoms with Crippen molar-refractivity contribution < 1.29 is 4.74 Å². The molecule has 4 rings (SSSR count). The standard InChI is InChI=1S/C17H15N7O2/c1-26-6-2-5-23-14-9-19-16(21-15(14)22-17(23)25)24-10-20-12-4-3-11(8-18)7-13(12)24/h3-4,7,9-10H,2,5-6H2,1H3,(H,19,21,22,25). The molecule has 0 spiro atoms. The van der Waals surface area contributed by atoms with Gasteiger partial charge in [-0.3, -0.25) is 14.1 Å². The quantitative estimate of drug-likeness (QED) is 0.544. The summed E-state index contributed by atoms with van der Waals surface area (Å²) in [6.45, 7) is 1.09. The molecule has 0 unspecified atom stereocenters. The number of methoxy groups -OCH3 is 1. The highest BCUT2D eigenvalue weighted by Crippen LogP contribution is 2.18. The Balaban J connectivity index is 1.79. The van der Waals surface area contributed by atoms with E-state index in [-0.39, 0.29) is 5.69 Å². The minimum absolute atomic E-state index is 0.232. The molecule has 0 atom stereocenters. The monoisotopic (exact) mass is 349 g/mol. The number of rotatable bonds is 5. The third kappa shape index (κ3) is 2.62. The summed E-state index contributed by atoms with van der Waals surface area (Å²) in [6, 6.07) is 7.32. The second-order valence-corrected chi connectivity index (χ2v) is 5.76. The lowest BCUT2D eigenvalue weighted by Gasteiger charge is -2.04. The van der Waals surface area contributed by atoms with Gasteiger partial charge in [-0.2, -0.15) is 10.2 Å². The maximum Gasteiger partial charge on any atom is 0.327 e. The van der Waals surface area contributed by atoms with Crippen molar-refractivity contribution in [2.45, 2.75) is 13.0 Å². The van der Waals surface area contributed by atoms with E-state index in [1.807, 2.05) is 0 Å². The molecular weight excluding hydrogens is 334 g/mol. The molecule has 0 saturated carbocycles. The van der Waals surface area contributed by atoms with Gasteiger partial charge in [0.25, 0.3) is 0 Å². The van der Waals surface area contributed by atoms with Crippen LogP contribution in [0.5, 0.6) is 0 Å². The Bertz CT molecular complexity index is 1200. The summed E-state index contributed by atoms with van der Waals surface area (Å²) in [5, 5.41) is 9.10. The first-order valence-corrected chi connectivity index (χ1v) is 8.03. The van der Waals surface area contributed by atoms with Crippen LogP contribution in [-0.4, -0.2) is 42.8 Å². The Morgan fingerprint density at radius 3 is 3.00 bits per heavy atom. The molecule has 130 valence electrons.